The molecule has 3 rings (SSSR count). The third-order valence-electron chi connectivity index (χ3n) is 3.27. The number of hydrogen-bond acceptors (Lipinski definition) is 8. The number of nitrogens with one attached hydrogen (secondary N) is 1. The number of hydrogen-bond donors (Lipinski definition) is 1. The van der Waals surface area contributed by atoms with E-state index in [2.05, 4.69) is 20.8 Å². The lowest BCUT2D eigenvalue weighted by molar-refractivity contribution is -0.140. The molecule has 2 aromatic heterocycles. The van der Waals surface area contributed by atoms with Crippen molar-refractivity contribution in [2.24, 2.45) is 0 Å². The van der Waals surface area contributed by atoms with Crippen molar-refractivity contribution in [3.63, 3.8) is 0 Å². The second kappa shape index (κ2) is 6.24. The van der Waals surface area contributed by atoms with Crippen LogP contribution in [0.2, 0.25) is 0 Å². The summed E-state index contributed by atoms with van der Waals surface area (Å²) in [7, 11) is 1.56. The maximum atomic E-state index is 12.5. The molecule has 3 heterocycles. The van der Waals surface area contributed by atoms with E-state index in [1.54, 1.807) is 11.8 Å². The van der Waals surface area contributed by atoms with Gasteiger partial charge < -0.3 is 14.8 Å². The molecule has 1 N–H and O–H groups in total. The number of aromatic nitrogens is 4. The van der Waals surface area contributed by atoms with Crippen LogP contribution in [0.15, 0.2) is 28.8 Å². The van der Waals surface area contributed by atoms with Gasteiger partial charge in [-0.3, -0.25) is 0 Å². The minimum Gasteiger partial charge on any atom is -0.460 e. The first-order chi connectivity index (χ1) is 10.7. The van der Waals surface area contributed by atoms with E-state index in [9.17, 15) is 4.79 Å². The van der Waals surface area contributed by atoms with Crippen molar-refractivity contribution in [3.05, 3.63) is 33.7 Å². The Balaban J connectivity index is 1.96. The summed E-state index contributed by atoms with van der Waals surface area (Å²) < 4.78 is 11.8. The van der Waals surface area contributed by atoms with Gasteiger partial charge in [-0.25, -0.2) is 4.79 Å². The van der Waals surface area contributed by atoms with E-state index in [4.69, 9.17) is 9.47 Å². The van der Waals surface area contributed by atoms with Gasteiger partial charge in [0.2, 0.25) is 5.95 Å². The maximum absolute atomic E-state index is 12.5. The molecule has 0 unspecified atom stereocenters. The van der Waals surface area contributed by atoms with Crippen molar-refractivity contribution < 1.29 is 14.3 Å². The lowest BCUT2D eigenvalue weighted by Gasteiger charge is -2.26. The van der Waals surface area contributed by atoms with Gasteiger partial charge in [0, 0.05) is 17.7 Å². The molecule has 0 aromatic carbocycles. The van der Waals surface area contributed by atoms with Crippen molar-refractivity contribution in [1.82, 2.24) is 20.2 Å². The lowest BCUT2D eigenvalue weighted by atomic mass is 10.0. The predicted molar refractivity (Wildman–Crippen MR) is 79.4 cm³/mol. The van der Waals surface area contributed by atoms with Crippen LogP contribution in [0.4, 0.5) is 5.95 Å². The smallest absolute Gasteiger partial charge is 0.338 e. The predicted octanol–water partition coefficient (Wildman–Crippen LogP) is 1.21. The van der Waals surface area contributed by atoms with E-state index in [-0.39, 0.29) is 12.6 Å². The van der Waals surface area contributed by atoms with E-state index in [1.807, 2.05) is 24.4 Å². The van der Waals surface area contributed by atoms with Gasteiger partial charge in [0.05, 0.1) is 12.2 Å². The number of nitrogens with zero attached hydrogens (tertiary/aromatic N) is 4. The van der Waals surface area contributed by atoms with Crippen molar-refractivity contribution in [2.75, 3.05) is 25.6 Å². The first-order valence-corrected chi connectivity index (χ1v) is 7.55. The fraction of sp³-hybridized carbons (Fsp3) is 0.385. The molecule has 116 valence electrons. The van der Waals surface area contributed by atoms with Crippen LogP contribution >= 0.6 is 11.3 Å². The Kier molecular flexibility index (Phi) is 4.16. The average Bonchev–Trinajstić information content (AvgIpc) is 3.16. The van der Waals surface area contributed by atoms with E-state index < -0.39 is 5.97 Å². The molecule has 1 aliphatic rings. The normalized spacial score (nSPS) is 17.1. The van der Waals surface area contributed by atoms with Crippen molar-refractivity contribution in [3.8, 4) is 0 Å². The molecule has 22 heavy (non-hydrogen) atoms. The summed E-state index contributed by atoms with van der Waals surface area (Å²) in [5, 5.41) is 16.6. The summed E-state index contributed by atoms with van der Waals surface area (Å²) in [5.74, 6) is 0.103. The van der Waals surface area contributed by atoms with Crippen molar-refractivity contribution in [2.45, 2.75) is 13.0 Å². The molecule has 1 atom stereocenters. The minimum absolute atomic E-state index is 0.200. The molecular weight excluding hydrogens is 306 g/mol. The van der Waals surface area contributed by atoms with Crippen LogP contribution < -0.4 is 5.32 Å². The van der Waals surface area contributed by atoms with Crippen LogP contribution in [0.1, 0.15) is 17.8 Å². The molecule has 0 spiro atoms. The molecule has 2 aromatic rings. The van der Waals surface area contributed by atoms with Gasteiger partial charge in [0.1, 0.15) is 12.6 Å². The van der Waals surface area contributed by atoms with Crippen LogP contribution in [0.5, 0.6) is 0 Å². The van der Waals surface area contributed by atoms with Gasteiger partial charge in [-0.15, -0.1) is 11.3 Å². The summed E-state index contributed by atoms with van der Waals surface area (Å²) in [6, 6.07) is 3.48. The Morgan fingerprint density at radius 3 is 3.09 bits per heavy atom. The van der Waals surface area contributed by atoms with Crippen molar-refractivity contribution in [1.29, 1.82) is 0 Å². The average molecular weight is 321 g/mol. The SMILES string of the molecule is COCCOC(=O)C1=C(C)Nc2nnnn2[C@@H]1c1cccs1. The molecule has 0 bridgehead atoms. The van der Waals surface area contributed by atoms with Crippen LogP contribution in [-0.4, -0.2) is 46.5 Å². The molecule has 0 saturated carbocycles. The molecule has 9 heteroatoms. The second-order valence-electron chi connectivity index (χ2n) is 4.66. The number of rotatable bonds is 5. The molecule has 0 aliphatic carbocycles. The Hall–Kier alpha value is -2.26. The maximum Gasteiger partial charge on any atom is 0.338 e. The zero-order valence-electron chi connectivity index (χ0n) is 12.1. The summed E-state index contributed by atoms with van der Waals surface area (Å²) in [5.41, 5.74) is 1.18. The third-order valence-corrected chi connectivity index (χ3v) is 4.19. The Labute approximate surface area is 130 Å². The van der Waals surface area contributed by atoms with Gasteiger partial charge in [-0.1, -0.05) is 11.2 Å². The highest BCUT2D eigenvalue weighted by Crippen LogP contribution is 2.36. The van der Waals surface area contributed by atoms with Gasteiger partial charge in [-0.05, 0) is 28.8 Å². The van der Waals surface area contributed by atoms with Crippen molar-refractivity contribution >= 4 is 23.3 Å². The fourth-order valence-corrected chi connectivity index (χ4v) is 3.10. The number of thiophene rings is 1. The highest BCUT2D eigenvalue weighted by atomic mass is 32.1. The fourth-order valence-electron chi connectivity index (χ4n) is 2.28. The Morgan fingerprint density at radius 1 is 1.50 bits per heavy atom. The minimum atomic E-state index is -0.401. The number of ether oxygens (including phenoxy) is 2. The number of methoxy groups -OCH3 is 1. The Bertz CT molecular complexity index is 694. The van der Waals surface area contributed by atoms with Gasteiger partial charge in [-0.2, -0.15) is 4.68 Å². The zero-order chi connectivity index (χ0) is 15.5. The highest BCUT2D eigenvalue weighted by molar-refractivity contribution is 7.10. The largest absolute Gasteiger partial charge is 0.460 e. The molecular formula is C13H15N5O3S. The highest BCUT2D eigenvalue weighted by Gasteiger charge is 2.35. The number of tetrazole rings is 1. The number of esters is 1. The second-order valence-corrected chi connectivity index (χ2v) is 5.64. The van der Waals surface area contributed by atoms with Crippen LogP contribution in [0.3, 0.4) is 0 Å². The molecule has 0 amide bonds. The molecule has 0 saturated heterocycles. The monoisotopic (exact) mass is 321 g/mol. The number of allylic oxidation sites excluding steroid dienone is 1. The lowest BCUT2D eigenvalue weighted by Crippen LogP contribution is -2.29. The summed E-state index contributed by atoms with van der Waals surface area (Å²) >= 11 is 1.54. The van der Waals surface area contributed by atoms with E-state index in [1.165, 1.54) is 11.3 Å². The Morgan fingerprint density at radius 2 is 2.36 bits per heavy atom. The molecule has 8 nitrogen and oxygen atoms in total. The van der Waals surface area contributed by atoms with Gasteiger partial charge >= 0.3 is 5.97 Å². The zero-order valence-corrected chi connectivity index (χ0v) is 13.0. The van der Waals surface area contributed by atoms with E-state index >= 15 is 0 Å². The number of fused-ring (bicyclic) bond motifs is 1. The summed E-state index contributed by atoms with van der Waals surface area (Å²) in [6.07, 6.45) is 0. The third kappa shape index (κ3) is 2.60. The summed E-state index contributed by atoms with van der Waals surface area (Å²) in [4.78, 5) is 13.4. The van der Waals surface area contributed by atoms with Crippen LogP contribution in [0.25, 0.3) is 0 Å². The standard InChI is InChI=1S/C13H15N5O3S/c1-8-10(12(19)21-6-5-20-2)11(9-4-3-7-22-9)18-13(14-8)15-16-17-18/h3-4,7,11H,5-6H2,1-2H3,(H,14,15,17)/t11-/m1/s1. The van der Waals surface area contributed by atoms with Gasteiger partial charge in [0.15, 0.2) is 0 Å². The van der Waals surface area contributed by atoms with Gasteiger partial charge in [0.25, 0.3) is 0 Å². The molecule has 0 radical (unpaired) electrons. The molecule has 0 fully saturated rings. The topological polar surface area (TPSA) is 91.2 Å². The number of anilines is 1. The van der Waals surface area contributed by atoms with E-state index in [0.29, 0.717) is 23.8 Å². The molecule has 1 aliphatic heterocycles. The van der Waals surface area contributed by atoms with Crippen LogP contribution in [0, 0.1) is 0 Å². The summed E-state index contributed by atoms with van der Waals surface area (Å²) in [6.45, 7) is 2.36. The van der Waals surface area contributed by atoms with E-state index in [0.717, 1.165) is 4.88 Å². The number of carbonyl (C=O) groups is 1. The first-order valence-electron chi connectivity index (χ1n) is 6.67. The number of carbonyl (C=O) groups excluding carboxylic acids is 1. The quantitative estimate of drug-likeness (QED) is 0.654. The van der Waals surface area contributed by atoms with Crippen LogP contribution in [-0.2, 0) is 14.3 Å². The first kappa shape index (κ1) is 14.7.